The Hall–Kier alpha value is -0.0800. The average Bonchev–Trinajstić information content (AvgIpc) is 3.00. The molecule has 0 aliphatic heterocycles. The van der Waals surface area contributed by atoms with Crippen LogP contribution in [0.25, 0.3) is 0 Å². The summed E-state index contributed by atoms with van der Waals surface area (Å²) < 4.78 is 0. The predicted octanol–water partition coefficient (Wildman–Crippen LogP) is 2.50. The lowest BCUT2D eigenvalue weighted by atomic mass is 10.2. The number of hydrogen-bond acceptors (Lipinski definition) is 2. The molecule has 0 heterocycles. The second-order valence-corrected chi connectivity index (χ2v) is 4.97. The first-order chi connectivity index (χ1) is 7.33. The lowest BCUT2D eigenvalue weighted by Gasteiger charge is -2.15. The molecule has 1 aliphatic carbocycles. The third kappa shape index (κ3) is 7.80. The van der Waals surface area contributed by atoms with E-state index in [1.165, 1.54) is 58.2 Å². The molecule has 1 fully saturated rings. The largest absolute Gasteiger partial charge is 0.317 e. The van der Waals surface area contributed by atoms with Gasteiger partial charge in [0.05, 0.1) is 0 Å². The molecule has 0 aromatic carbocycles. The van der Waals surface area contributed by atoms with Crippen LogP contribution in [0.4, 0.5) is 0 Å². The van der Waals surface area contributed by atoms with Gasteiger partial charge in [0.1, 0.15) is 0 Å². The highest BCUT2D eigenvalue weighted by atomic mass is 15.1. The molecule has 15 heavy (non-hydrogen) atoms. The van der Waals surface area contributed by atoms with Gasteiger partial charge in [0, 0.05) is 6.54 Å². The molecule has 1 rings (SSSR count). The Morgan fingerprint density at radius 1 is 1.13 bits per heavy atom. The van der Waals surface area contributed by atoms with Crippen molar-refractivity contribution in [2.75, 3.05) is 33.2 Å². The molecule has 0 amide bonds. The summed E-state index contributed by atoms with van der Waals surface area (Å²) in [5, 5.41) is 3.37. The lowest BCUT2D eigenvalue weighted by molar-refractivity contribution is 0.311. The molecule has 0 aromatic heterocycles. The summed E-state index contributed by atoms with van der Waals surface area (Å²) in [4.78, 5) is 2.52. The monoisotopic (exact) mass is 212 g/mol. The van der Waals surface area contributed by atoms with Crippen LogP contribution in [0, 0.1) is 5.92 Å². The summed E-state index contributed by atoms with van der Waals surface area (Å²) in [6, 6.07) is 0. The van der Waals surface area contributed by atoms with E-state index in [1.807, 2.05) is 0 Å². The molecule has 0 radical (unpaired) electrons. The van der Waals surface area contributed by atoms with Gasteiger partial charge in [0.25, 0.3) is 0 Å². The van der Waals surface area contributed by atoms with Crippen molar-refractivity contribution in [1.29, 1.82) is 0 Å². The maximum Gasteiger partial charge on any atom is 0.000661 e. The fraction of sp³-hybridized carbons (Fsp3) is 1.00. The highest BCUT2D eigenvalue weighted by molar-refractivity contribution is 4.75. The molecule has 1 N–H and O–H groups in total. The molecule has 0 atom stereocenters. The molecule has 0 aromatic rings. The summed E-state index contributed by atoms with van der Waals surface area (Å²) in [5.41, 5.74) is 0. The van der Waals surface area contributed by atoms with E-state index in [-0.39, 0.29) is 0 Å². The zero-order valence-electron chi connectivity index (χ0n) is 10.6. The van der Waals surface area contributed by atoms with E-state index in [2.05, 4.69) is 24.2 Å². The van der Waals surface area contributed by atoms with E-state index >= 15 is 0 Å². The number of hydrogen-bond donors (Lipinski definition) is 1. The van der Waals surface area contributed by atoms with Gasteiger partial charge in [-0.3, -0.25) is 0 Å². The molecular weight excluding hydrogens is 184 g/mol. The molecule has 0 spiro atoms. The Balaban J connectivity index is 1.75. The minimum absolute atomic E-state index is 1.05. The second kappa shape index (κ2) is 8.12. The number of rotatable bonds is 10. The summed E-state index contributed by atoms with van der Waals surface area (Å²) in [5.74, 6) is 1.05. The van der Waals surface area contributed by atoms with Crippen molar-refractivity contribution in [1.82, 2.24) is 10.2 Å². The van der Waals surface area contributed by atoms with E-state index in [4.69, 9.17) is 0 Å². The van der Waals surface area contributed by atoms with Gasteiger partial charge in [-0.05, 0) is 58.3 Å². The summed E-state index contributed by atoms with van der Waals surface area (Å²) in [7, 11) is 2.27. The average molecular weight is 212 g/mol. The van der Waals surface area contributed by atoms with Crippen molar-refractivity contribution in [2.24, 2.45) is 5.92 Å². The zero-order valence-corrected chi connectivity index (χ0v) is 10.6. The summed E-state index contributed by atoms with van der Waals surface area (Å²) in [6.45, 7) is 7.14. The van der Waals surface area contributed by atoms with E-state index in [0.29, 0.717) is 0 Å². The predicted molar refractivity (Wildman–Crippen MR) is 67.2 cm³/mol. The molecule has 0 saturated heterocycles. The topological polar surface area (TPSA) is 15.3 Å². The van der Waals surface area contributed by atoms with Gasteiger partial charge in [-0.25, -0.2) is 0 Å². The molecular formula is C13H28N2. The number of nitrogens with zero attached hydrogens (tertiary/aromatic N) is 1. The van der Waals surface area contributed by atoms with E-state index in [0.717, 1.165) is 12.5 Å². The minimum Gasteiger partial charge on any atom is -0.317 e. The minimum atomic E-state index is 1.05. The molecule has 2 heteroatoms. The van der Waals surface area contributed by atoms with Crippen molar-refractivity contribution >= 4 is 0 Å². The van der Waals surface area contributed by atoms with Crippen LogP contribution in [-0.4, -0.2) is 38.1 Å². The van der Waals surface area contributed by atoms with Crippen LogP contribution < -0.4 is 5.32 Å². The van der Waals surface area contributed by atoms with Gasteiger partial charge in [-0.1, -0.05) is 19.8 Å². The third-order valence-electron chi connectivity index (χ3n) is 3.16. The molecule has 0 unspecified atom stereocenters. The fourth-order valence-electron chi connectivity index (χ4n) is 1.99. The SMILES string of the molecule is CCNCCCCCCN(C)CC1CC1. The van der Waals surface area contributed by atoms with Crippen LogP contribution in [0.3, 0.4) is 0 Å². The van der Waals surface area contributed by atoms with E-state index in [1.54, 1.807) is 0 Å². The van der Waals surface area contributed by atoms with Crippen LogP contribution >= 0.6 is 0 Å². The first-order valence-corrected chi connectivity index (χ1v) is 6.72. The second-order valence-electron chi connectivity index (χ2n) is 4.97. The molecule has 1 aliphatic rings. The standard InChI is InChI=1S/C13H28N2/c1-3-14-10-6-4-5-7-11-15(2)12-13-8-9-13/h13-14H,3-12H2,1-2H3. The summed E-state index contributed by atoms with van der Waals surface area (Å²) in [6.07, 6.45) is 8.49. The van der Waals surface area contributed by atoms with Crippen LogP contribution in [0.1, 0.15) is 45.4 Å². The highest BCUT2D eigenvalue weighted by Crippen LogP contribution is 2.29. The third-order valence-corrected chi connectivity index (χ3v) is 3.16. The van der Waals surface area contributed by atoms with Gasteiger partial charge in [0.2, 0.25) is 0 Å². The highest BCUT2D eigenvalue weighted by Gasteiger charge is 2.22. The van der Waals surface area contributed by atoms with Crippen molar-refractivity contribution in [2.45, 2.75) is 45.4 Å². The van der Waals surface area contributed by atoms with E-state index < -0.39 is 0 Å². The Morgan fingerprint density at radius 2 is 1.87 bits per heavy atom. The zero-order chi connectivity index (χ0) is 10.9. The molecule has 0 bridgehead atoms. The normalized spacial score (nSPS) is 16.2. The molecule has 90 valence electrons. The van der Waals surface area contributed by atoms with Crippen molar-refractivity contribution in [3.63, 3.8) is 0 Å². The lowest BCUT2D eigenvalue weighted by Crippen LogP contribution is -2.22. The quantitative estimate of drug-likeness (QED) is 0.560. The van der Waals surface area contributed by atoms with Crippen LogP contribution in [0.2, 0.25) is 0 Å². The smallest absolute Gasteiger partial charge is 0.000661 e. The maximum atomic E-state index is 3.37. The van der Waals surface area contributed by atoms with Gasteiger partial charge in [-0.15, -0.1) is 0 Å². The fourth-order valence-corrected chi connectivity index (χ4v) is 1.99. The van der Waals surface area contributed by atoms with Crippen molar-refractivity contribution in [3.8, 4) is 0 Å². The molecule has 1 saturated carbocycles. The first-order valence-electron chi connectivity index (χ1n) is 6.72. The Labute approximate surface area is 95.4 Å². The summed E-state index contributed by atoms with van der Waals surface area (Å²) >= 11 is 0. The maximum absolute atomic E-state index is 3.37. The number of nitrogens with one attached hydrogen (secondary N) is 1. The van der Waals surface area contributed by atoms with E-state index in [9.17, 15) is 0 Å². The van der Waals surface area contributed by atoms with Crippen molar-refractivity contribution in [3.05, 3.63) is 0 Å². The van der Waals surface area contributed by atoms with Gasteiger partial charge >= 0.3 is 0 Å². The Bertz CT molecular complexity index is 143. The van der Waals surface area contributed by atoms with Crippen LogP contribution in [-0.2, 0) is 0 Å². The van der Waals surface area contributed by atoms with Crippen LogP contribution in [0.15, 0.2) is 0 Å². The first kappa shape index (κ1) is 13.0. The number of unbranched alkanes of at least 4 members (excludes halogenated alkanes) is 3. The van der Waals surface area contributed by atoms with Gasteiger partial charge in [-0.2, -0.15) is 0 Å². The van der Waals surface area contributed by atoms with Crippen molar-refractivity contribution < 1.29 is 0 Å². The Morgan fingerprint density at radius 3 is 2.53 bits per heavy atom. The Kier molecular flexibility index (Phi) is 7.03. The van der Waals surface area contributed by atoms with Gasteiger partial charge in [0.15, 0.2) is 0 Å². The molecule has 2 nitrogen and oxygen atoms in total. The van der Waals surface area contributed by atoms with Crippen LogP contribution in [0.5, 0.6) is 0 Å². The van der Waals surface area contributed by atoms with Gasteiger partial charge < -0.3 is 10.2 Å².